The molecule has 0 aromatic heterocycles. The summed E-state index contributed by atoms with van der Waals surface area (Å²) in [5.41, 5.74) is 1.09. The van der Waals surface area contributed by atoms with Crippen LogP contribution >= 0.6 is 11.8 Å². The summed E-state index contributed by atoms with van der Waals surface area (Å²) in [6, 6.07) is 7.48. The van der Waals surface area contributed by atoms with Crippen molar-refractivity contribution in [2.45, 2.75) is 31.1 Å². The Morgan fingerprint density at radius 2 is 2.24 bits per heavy atom. The lowest BCUT2D eigenvalue weighted by Gasteiger charge is -2.30. The van der Waals surface area contributed by atoms with Crippen molar-refractivity contribution >= 4 is 23.4 Å². The van der Waals surface area contributed by atoms with Gasteiger partial charge >= 0.3 is 5.97 Å². The van der Waals surface area contributed by atoms with Gasteiger partial charge in [0, 0.05) is 17.0 Å². The van der Waals surface area contributed by atoms with E-state index in [4.69, 9.17) is 5.11 Å². The van der Waals surface area contributed by atoms with E-state index in [1.807, 2.05) is 23.9 Å². The predicted octanol–water partition coefficient (Wildman–Crippen LogP) is 3.08. The van der Waals surface area contributed by atoms with E-state index < -0.39 is 5.97 Å². The summed E-state index contributed by atoms with van der Waals surface area (Å²) in [7, 11) is 0. The third-order valence-corrected chi connectivity index (χ3v) is 4.48. The molecule has 1 aromatic rings. The smallest absolute Gasteiger partial charge is 0.337 e. The van der Waals surface area contributed by atoms with Crippen LogP contribution in [0.25, 0.3) is 0 Å². The Kier molecular flexibility index (Phi) is 3.94. The van der Waals surface area contributed by atoms with Crippen LogP contribution < -0.4 is 5.32 Å². The summed E-state index contributed by atoms with van der Waals surface area (Å²) in [6.07, 6.45) is 2.31. The average Bonchev–Trinajstić information content (AvgIpc) is 2.32. The fourth-order valence-electron chi connectivity index (χ4n) is 2.11. The van der Waals surface area contributed by atoms with Crippen LogP contribution in [0.5, 0.6) is 0 Å². The molecule has 2 rings (SSSR count). The Bertz CT molecular complexity index is 408. The number of carboxylic acid groups (broad SMARTS) is 1. The maximum absolute atomic E-state index is 11.1. The summed E-state index contributed by atoms with van der Waals surface area (Å²) in [6.45, 7) is 2.20. The maximum Gasteiger partial charge on any atom is 0.337 e. The van der Waals surface area contributed by atoms with Gasteiger partial charge in [-0.05, 0) is 30.7 Å². The molecule has 0 spiro atoms. The highest BCUT2D eigenvalue weighted by Crippen LogP contribution is 2.28. The molecule has 0 bridgehead atoms. The van der Waals surface area contributed by atoms with Crippen molar-refractivity contribution in [1.82, 2.24) is 0 Å². The van der Waals surface area contributed by atoms with Crippen molar-refractivity contribution < 1.29 is 9.90 Å². The van der Waals surface area contributed by atoms with Crippen LogP contribution in [0.1, 0.15) is 30.1 Å². The highest BCUT2D eigenvalue weighted by Gasteiger charge is 2.22. The van der Waals surface area contributed by atoms with E-state index in [9.17, 15) is 4.79 Å². The van der Waals surface area contributed by atoms with Crippen LogP contribution in [-0.2, 0) is 0 Å². The first-order chi connectivity index (χ1) is 8.18. The zero-order valence-electron chi connectivity index (χ0n) is 9.85. The van der Waals surface area contributed by atoms with Crippen molar-refractivity contribution in [3.05, 3.63) is 29.8 Å². The number of para-hydroxylation sites is 1. The molecule has 1 heterocycles. The number of carbonyl (C=O) groups is 1. The Hall–Kier alpha value is -1.16. The number of rotatable bonds is 3. The summed E-state index contributed by atoms with van der Waals surface area (Å²) < 4.78 is 0. The molecule has 2 atom stereocenters. The molecule has 1 saturated heterocycles. The van der Waals surface area contributed by atoms with Crippen molar-refractivity contribution in [3.8, 4) is 0 Å². The molecule has 1 fully saturated rings. The van der Waals surface area contributed by atoms with E-state index >= 15 is 0 Å². The first-order valence-corrected chi connectivity index (χ1v) is 6.94. The average molecular weight is 251 g/mol. The van der Waals surface area contributed by atoms with Gasteiger partial charge in [0.05, 0.1) is 5.56 Å². The molecule has 92 valence electrons. The van der Waals surface area contributed by atoms with Gasteiger partial charge in [0.2, 0.25) is 0 Å². The van der Waals surface area contributed by atoms with Crippen molar-refractivity contribution in [2.75, 3.05) is 11.1 Å². The molecule has 0 aliphatic carbocycles. The molecule has 1 aliphatic heterocycles. The molecule has 2 unspecified atom stereocenters. The fraction of sp³-hybridized carbons (Fsp3) is 0.462. The number of nitrogens with one attached hydrogen (secondary N) is 1. The quantitative estimate of drug-likeness (QED) is 0.866. The standard InChI is InChI=1S/C13H17NO2S/c1-9-11(7-4-8-17-9)14-12-6-3-2-5-10(12)13(15)16/h2-3,5-6,9,11,14H,4,7-8H2,1H3,(H,15,16). The summed E-state index contributed by atoms with van der Waals surface area (Å²) in [4.78, 5) is 11.1. The van der Waals surface area contributed by atoms with E-state index in [1.165, 1.54) is 12.2 Å². The maximum atomic E-state index is 11.1. The number of hydrogen-bond acceptors (Lipinski definition) is 3. The second-order valence-corrected chi connectivity index (χ2v) is 5.80. The number of anilines is 1. The largest absolute Gasteiger partial charge is 0.478 e. The van der Waals surface area contributed by atoms with Crippen LogP contribution in [-0.4, -0.2) is 28.1 Å². The monoisotopic (exact) mass is 251 g/mol. The van der Waals surface area contributed by atoms with Gasteiger partial charge in [-0.15, -0.1) is 0 Å². The second-order valence-electron chi connectivity index (χ2n) is 4.32. The third-order valence-electron chi connectivity index (χ3n) is 3.11. The minimum atomic E-state index is -0.871. The molecular formula is C13H17NO2S. The molecule has 0 amide bonds. The minimum absolute atomic E-state index is 0.357. The normalized spacial score (nSPS) is 24.3. The van der Waals surface area contributed by atoms with Crippen molar-refractivity contribution in [3.63, 3.8) is 0 Å². The zero-order chi connectivity index (χ0) is 12.3. The lowest BCUT2D eigenvalue weighted by atomic mass is 10.1. The van der Waals surface area contributed by atoms with Gasteiger partial charge < -0.3 is 10.4 Å². The van der Waals surface area contributed by atoms with Gasteiger partial charge in [0.25, 0.3) is 0 Å². The highest BCUT2D eigenvalue weighted by molar-refractivity contribution is 8.00. The Morgan fingerprint density at radius 1 is 1.47 bits per heavy atom. The number of hydrogen-bond donors (Lipinski definition) is 2. The SMILES string of the molecule is CC1SCCCC1Nc1ccccc1C(=O)O. The van der Waals surface area contributed by atoms with Gasteiger partial charge in [-0.1, -0.05) is 19.1 Å². The highest BCUT2D eigenvalue weighted by atomic mass is 32.2. The first kappa shape index (κ1) is 12.3. The van der Waals surface area contributed by atoms with E-state index in [-0.39, 0.29) is 0 Å². The molecule has 0 radical (unpaired) electrons. The third kappa shape index (κ3) is 2.94. The Labute approximate surface area is 106 Å². The van der Waals surface area contributed by atoms with Gasteiger partial charge in [0.1, 0.15) is 0 Å². The lowest BCUT2D eigenvalue weighted by molar-refractivity contribution is 0.0698. The molecule has 17 heavy (non-hydrogen) atoms. The van der Waals surface area contributed by atoms with Gasteiger partial charge in [-0.3, -0.25) is 0 Å². The summed E-state index contributed by atoms with van der Waals surface area (Å²) in [5.74, 6) is 0.337. The first-order valence-electron chi connectivity index (χ1n) is 5.89. The number of aromatic carboxylic acids is 1. The Morgan fingerprint density at radius 3 is 2.94 bits per heavy atom. The number of carboxylic acids is 1. The van der Waals surface area contributed by atoms with Crippen LogP contribution in [0, 0.1) is 0 Å². The van der Waals surface area contributed by atoms with E-state index in [1.54, 1.807) is 12.1 Å². The minimum Gasteiger partial charge on any atom is -0.478 e. The molecule has 1 aromatic carbocycles. The van der Waals surface area contributed by atoms with E-state index in [0.29, 0.717) is 16.9 Å². The second kappa shape index (κ2) is 5.45. The Balaban J connectivity index is 2.14. The van der Waals surface area contributed by atoms with Crippen LogP contribution in [0.2, 0.25) is 0 Å². The van der Waals surface area contributed by atoms with E-state index in [2.05, 4.69) is 12.2 Å². The summed E-state index contributed by atoms with van der Waals surface area (Å²) in [5, 5.41) is 13.0. The summed E-state index contributed by atoms with van der Waals surface area (Å²) >= 11 is 1.95. The van der Waals surface area contributed by atoms with Crippen LogP contribution in [0.3, 0.4) is 0 Å². The molecule has 1 aliphatic rings. The fourth-order valence-corrected chi connectivity index (χ4v) is 3.25. The topological polar surface area (TPSA) is 49.3 Å². The lowest BCUT2D eigenvalue weighted by Crippen LogP contribution is -2.33. The van der Waals surface area contributed by atoms with Crippen molar-refractivity contribution in [1.29, 1.82) is 0 Å². The van der Waals surface area contributed by atoms with Crippen molar-refractivity contribution in [2.24, 2.45) is 0 Å². The molecule has 4 heteroatoms. The van der Waals surface area contributed by atoms with Gasteiger partial charge in [-0.2, -0.15) is 11.8 Å². The molecule has 3 nitrogen and oxygen atoms in total. The number of thioether (sulfide) groups is 1. The van der Waals surface area contributed by atoms with Crippen LogP contribution in [0.15, 0.2) is 24.3 Å². The van der Waals surface area contributed by atoms with Gasteiger partial charge in [0.15, 0.2) is 0 Å². The number of benzene rings is 1. The van der Waals surface area contributed by atoms with Crippen LogP contribution in [0.4, 0.5) is 5.69 Å². The molecule has 0 saturated carbocycles. The van der Waals surface area contributed by atoms with E-state index in [0.717, 1.165) is 12.1 Å². The molecule has 2 N–H and O–H groups in total. The van der Waals surface area contributed by atoms with Gasteiger partial charge in [-0.25, -0.2) is 4.79 Å². The molecular weight excluding hydrogens is 234 g/mol. The predicted molar refractivity (Wildman–Crippen MR) is 72.0 cm³/mol. The zero-order valence-corrected chi connectivity index (χ0v) is 10.7.